The van der Waals surface area contributed by atoms with E-state index < -0.39 is 0 Å². The summed E-state index contributed by atoms with van der Waals surface area (Å²) in [7, 11) is 0. The number of benzene rings is 11. The largest absolute Gasteiger partial charge is 0.456 e. The predicted octanol–water partition coefficient (Wildman–Crippen LogP) is 17.4. The van der Waals surface area contributed by atoms with E-state index in [0.717, 1.165) is 82.6 Å². The van der Waals surface area contributed by atoms with Crippen molar-refractivity contribution >= 4 is 108 Å². The van der Waals surface area contributed by atoms with Crippen molar-refractivity contribution in [2.24, 2.45) is 0 Å². The van der Waals surface area contributed by atoms with Gasteiger partial charge in [0, 0.05) is 58.4 Å². The lowest BCUT2D eigenvalue weighted by Gasteiger charge is -2.16. The first-order valence-electron chi connectivity index (χ1n) is 23.2. The van der Waals surface area contributed by atoms with Crippen molar-refractivity contribution in [2.75, 3.05) is 0 Å². The van der Waals surface area contributed by atoms with Crippen molar-refractivity contribution < 1.29 is 4.42 Å². The van der Waals surface area contributed by atoms with Crippen LogP contribution >= 0.6 is 11.3 Å². The minimum Gasteiger partial charge on any atom is -0.456 e. The van der Waals surface area contributed by atoms with Crippen molar-refractivity contribution in [1.29, 1.82) is 0 Å². The molecule has 0 unspecified atom stereocenters. The molecule has 4 aromatic heterocycles. The number of aromatic nitrogens is 4. The molecule has 69 heavy (non-hydrogen) atoms. The van der Waals surface area contributed by atoms with E-state index >= 15 is 0 Å². The highest BCUT2D eigenvalue weighted by molar-refractivity contribution is 7.25. The van der Waals surface area contributed by atoms with Gasteiger partial charge in [-0.1, -0.05) is 164 Å². The Balaban J connectivity index is 1.09. The van der Waals surface area contributed by atoms with Crippen LogP contribution in [0, 0.1) is 0 Å². The van der Waals surface area contributed by atoms with Crippen molar-refractivity contribution in [3.8, 4) is 51.0 Å². The van der Waals surface area contributed by atoms with Crippen LogP contribution in [0.1, 0.15) is 0 Å². The first-order valence-corrected chi connectivity index (χ1v) is 24.1. The second-order valence-electron chi connectivity index (χ2n) is 17.9. The lowest BCUT2D eigenvalue weighted by atomic mass is 10.0. The quantitative estimate of drug-likeness (QED) is 0.173. The summed E-state index contributed by atoms with van der Waals surface area (Å²) in [6.45, 7) is 0. The number of nitrogens with zero attached hydrogens (tertiary/aromatic N) is 4. The van der Waals surface area contributed by atoms with E-state index in [1.807, 2.05) is 6.07 Å². The first kappa shape index (κ1) is 38.2. The lowest BCUT2D eigenvalue weighted by Crippen LogP contribution is -2.04. The van der Waals surface area contributed by atoms with Crippen LogP contribution in [0.3, 0.4) is 0 Å². The van der Waals surface area contributed by atoms with Crippen LogP contribution in [0.25, 0.3) is 147 Å². The van der Waals surface area contributed by atoms with E-state index in [0.29, 0.717) is 17.5 Å². The zero-order valence-corrected chi connectivity index (χ0v) is 37.7. The second kappa shape index (κ2) is 14.8. The molecule has 15 aromatic rings. The summed E-state index contributed by atoms with van der Waals surface area (Å²) in [5.74, 6) is 1.75. The highest BCUT2D eigenvalue weighted by Gasteiger charge is 2.25. The molecule has 5 nitrogen and oxygen atoms in total. The van der Waals surface area contributed by atoms with Crippen LogP contribution in [0.2, 0.25) is 0 Å². The Labute approximate surface area is 398 Å². The molecule has 11 aromatic carbocycles. The van der Waals surface area contributed by atoms with Crippen LogP contribution in [0.4, 0.5) is 0 Å². The minimum atomic E-state index is 0.551. The van der Waals surface area contributed by atoms with Gasteiger partial charge in [0.05, 0.1) is 16.7 Å². The Kier molecular flexibility index (Phi) is 8.17. The van der Waals surface area contributed by atoms with Gasteiger partial charge in [0.2, 0.25) is 0 Å². The summed E-state index contributed by atoms with van der Waals surface area (Å²) in [4.78, 5) is 16.5. The standard InChI is InChI=1S/C63H36N4OS/c1-2-14-37(15-3-1)40-20-12-21-43(32-40)61-64-62(47-25-13-27-57-60(47)46-24-10-11-26-56(46)69-57)66-63(65-61)49-36-55-50(59-45-23-9-7-17-39(45)29-31-54(59)68-55)35-53(49)67-51-30-28-38-16-6-8-22-44(38)58(51)48-33-41-18-4-5-19-42(41)34-52(48)67/h1-36H. The average molecular weight is 897 g/mol. The normalized spacial score (nSPS) is 12.1. The summed E-state index contributed by atoms with van der Waals surface area (Å²) in [5, 5.41) is 13.9. The molecule has 6 heteroatoms. The van der Waals surface area contributed by atoms with Crippen LogP contribution < -0.4 is 0 Å². The van der Waals surface area contributed by atoms with Crippen LogP contribution in [-0.2, 0) is 0 Å². The van der Waals surface area contributed by atoms with Crippen molar-refractivity contribution in [2.45, 2.75) is 0 Å². The van der Waals surface area contributed by atoms with Gasteiger partial charge >= 0.3 is 0 Å². The summed E-state index contributed by atoms with van der Waals surface area (Å²) in [5.41, 5.74) is 9.63. The molecule has 4 heterocycles. The SMILES string of the molecule is c1ccc(-c2cccc(-c3nc(-c4cc5oc6ccc7ccccc7c6c5cc4-n4c5cc6ccccc6cc5c5c6ccccc6ccc54)nc(-c4cccc5sc6ccccc6c45)n3)c2)cc1. The van der Waals surface area contributed by atoms with E-state index in [2.05, 4.69) is 217 Å². The molecule has 0 saturated carbocycles. The molecule has 15 rings (SSSR count). The molecule has 0 atom stereocenters. The third-order valence-electron chi connectivity index (χ3n) is 14.0. The molecule has 0 bridgehead atoms. The first-order chi connectivity index (χ1) is 34.2. The van der Waals surface area contributed by atoms with Gasteiger partial charge in [0.25, 0.3) is 0 Å². The monoisotopic (exact) mass is 896 g/mol. The fourth-order valence-electron chi connectivity index (χ4n) is 10.9. The third kappa shape index (κ3) is 5.86. The van der Waals surface area contributed by atoms with Gasteiger partial charge in [-0.15, -0.1) is 11.3 Å². The van der Waals surface area contributed by atoms with Crippen molar-refractivity contribution in [3.05, 3.63) is 218 Å². The summed E-state index contributed by atoms with van der Waals surface area (Å²) < 4.78 is 11.7. The number of thiophene rings is 1. The van der Waals surface area contributed by atoms with Gasteiger partial charge in [-0.2, -0.15) is 0 Å². The van der Waals surface area contributed by atoms with Crippen molar-refractivity contribution in [3.63, 3.8) is 0 Å². The van der Waals surface area contributed by atoms with E-state index in [4.69, 9.17) is 19.4 Å². The average Bonchev–Trinajstić information content (AvgIpc) is 4.09. The molecule has 0 spiro atoms. The Morgan fingerprint density at radius 3 is 1.78 bits per heavy atom. The number of hydrogen-bond donors (Lipinski definition) is 0. The lowest BCUT2D eigenvalue weighted by molar-refractivity contribution is 0.669. The topological polar surface area (TPSA) is 56.7 Å². The van der Waals surface area contributed by atoms with Crippen LogP contribution in [-0.4, -0.2) is 19.5 Å². The highest BCUT2D eigenvalue weighted by Crippen LogP contribution is 2.45. The maximum absolute atomic E-state index is 6.90. The van der Waals surface area contributed by atoms with Gasteiger partial charge in [-0.3, -0.25) is 0 Å². The molecule has 0 fully saturated rings. The second-order valence-corrected chi connectivity index (χ2v) is 19.0. The van der Waals surface area contributed by atoms with Gasteiger partial charge in [0.1, 0.15) is 11.2 Å². The predicted molar refractivity (Wildman–Crippen MR) is 289 cm³/mol. The van der Waals surface area contributed by atoms with Gasteiger partial charge in [0.15, 0.2) is 17.5 Å². The van der Waals surface area contributed by atoms with Gasteiger partial charge in [-0.25, -0.2) is 15.0 Å². The summed E-state index contributed by atoms with van der Waals surface area (Å²) in [6, 6.07) is 78.0. The van der Waals surface area contributed by atoms with Crippen molar-refractivity contribution in [1.82, 2.24) is 19.5 Å². The summed E-state index contributed by atoms with van der Waals surface area (Å²) >= 11 is 1.79. The van der Waals surface area contributed by atoms with E-state index in [-0.39, 0.29) is 0 Å². The molecule has 0 aliphatic carbocycles. The Morgan fingerprint density at radius 1 is 0.333 bits per heavy atom. The number of furan rings is 1. The fraction of sp³-hybridized carbons (Fsp3) is 0. The molecule has 0 aliphatic heterocycles. The van der Waals surface area contributed by atoms with Crippen LogP contribution in [0.15, 0.2) is 223 Å². The fourth-order valence-corrected chi connectivity index (χ4v) is 12.0. The Morgan fingerprint density at radius 2 is 0.957 bits per heavy atom. The summed E-state index contributed by atoms with van der Waals surface area (Å²) in [6.07, 6.45) is 0. The molecule has 0 N–H and O–H groups in total. The maximum atomic E-state index is 6.90. The number of fused-ring (bicyclic) bond motifs is 14. The third-order valence-corrected chi connectivity index (χ3v) is 15.1. The molecular formula is C63H36N4OS. The number of rotatable bonds is 5. The maximum Gasteiger partial charge on any atom is 0.166 e. The highest BCUT2D eigenvalue weighted by atomic mass is 32.1. The Hall–Kier alpha value is -8.97. The zero-order valence-electron chi connectivity index (χ0n) is 36.9. The van der Waals surface area contributed by atoms with Gasteiger partial charge in [-0.05, 0) is 98.0 Å². The smallest absolute Gasteiger partial charge is 0.166 e. The molecule has 0 aliphatic rings. The van der Waals surface area contributed by atoms with Crippen LogP contribution in [0.5, 0.6) is 0 Å². The zero-order chi connectivity index (χ0) is 45.2. The van der Waals surface area contributed by atoms with Gasteiger partial charge < -0.3 is 8.98 Å². The molecule has 320 valence electrons. The molecule has 0 saturated heterocycles. The van der Waals surface area contributed by atoms with E-state index in [1.54, 1.807) is 11.3 Å². The molecule has 0 amide bonds. The minimum absolute atomic E-state index is 0.551. The van der Waals surface area contributed by atoms with E-state index in [9.17, 15) is 0 Å². The van der Waals surface area contributed by atoms with E-state index in [1.165, 1.54) is 47.1 Å². The number of hydrogen-bond acceptors (Lipinski definition) is 5. The molecular weight excluding hydrogens is 861 g/mol. The molecule has 0 radical (unpaired) electrons. The Bertz CT molecular complexity index is 4620.